The van der Waals surface area contributed by atoms with E-state index >= 15 is 0 Å². The minimum absolute atomic E-state index is 0.0195. The molecule has 1 fully saturated rings. The van der Waals surface area contributed by atoms with Gasteiger partial charge in [0, 0.05) is 25.0 Å². The van der Waals surface area contributed by atoms with E-state index in [-0.39, 0.29) is 18.5 Å². The van der Waals surface area contributed by atoms with Crippen LogP contribution >= 0.6 is 11.3 Å². The van der Waals surface area contributed by atoms with Crippen LogP contribution in [-0.4, -0.2) is 49.4 Å². The van der Waals surface area contributed by atoms with E-state index in [1.165, 1.54) is 11.3 Å². The maximum atomic E-state index is 12.9. The van der Waals surface area contributed by atoms with E-state index in [1.807, 2.05) is 6.92 Å². The minimum atomic E-state index is -0.848. The predicted octanol–water partition coefficient (Wildman–Crippen LogP) is 2.23. The second-order valence-corrected chi connectivity index (χ2v) is 6.92. The van der Waals surface area contributed by atoms with Crippen molar-refractivity contribution in [2.75, 3.05) is 6.54 Å². The number of hydrogen-bond acceptors (Lipinski definition) is 6. The summed E-state index contributed by atoms with van der Waals surface area (Å²) in [6.07, 6.45) is 4.55. The third kappa shape index (κ3) is 3.14. The molecule has 0 aliphatic carbocycles. The highest BCUT2D eigenvalue weighted by molar-refractivity contribution is 7.17. The summed E-state index contributed by atoms with van der Waals surface area (Å²) < 4.78 is 0. The maximum Gasteiger partial charge on any atom is 0.308 e. The molecule has 1 saturated heterocycles. The van der Waals surface area contributed by atoms with Gasteiger partial charge in [-0.3, -0.25) is 9.59 Å². The van der Waals surface area contributed by atoms with Gasteiger partial charge in [0.25, 0.3) is 5.91 Å². The van der Waals surface area contributed by atoms with Crippen molar-refractivity contribution in [2.45, 2.75) is 32.7 Å². The van der Waals surface area contributed by atoms with E-state index in [9.17, 15) is 14.7 Å². The molecule has 8 heteroatoms. The fraction of sp³-hybridized carbons (Fsp3) is 0.438. The highest BCUT2D eigenvalue weighted by Gasteiger charge is 2.34. The summed E-state index contributed by atoms with van der Waals surface area (Å²) in [5.41, 5.74) is 0.622. The summed E-state index contributed by atoms with van der Waals surface area (Å²) in [7, 11) is 0. The fourth-order valence-corrected chi connectivity index (χ4v) is 3.79. The van der Waals surface area contributed by atoms with E-state index < -0.39 is 11.9 Å². The molecule has 1 N–H and O–H groups in total. The summed E-state index contributed by atoms with van der Waals surface area (Å²) in [4.78, 5) is 39.1. The first kappa shape index (κ1) is 16.5. The SMILES string of the molecule is Cc1nc(-c2ncccn2)sc1C(=O)N1CC(C(=O)O)CCC1C. The van der Waals surface area contributed by atoms with Crippen LogP contribution in [0.3, 0.4) is 0 Å². The number of carboxylic acid groups (broad SMARTS) is 1. The number of amides is 1. The quantitative estimate of drug-likeness (QED) is 0.915. The Hall–Kier alpha value is -2.35. The molecule has 126 valence electrons. The largest absolute Gasteiger partial charge is 0.481 e. The van der Waals surface area contributed by atoms with Gasteiger partial charge in [-0.05, 0) is 32.8 Å². The van der Waals surface area contributed by atoms with Gasteiger partial charge in [-0.1, -0.05) is 0 Å². The zero-order chi connectivity index (χ0) is 17.3. The molecule has 3 rings (SSSR count). The molecule has 0 radical (unpaired) electrons. The average molecular weight is 346 g/mol. The van der Waals surface area contributed by atoms with Crippen LogP contribution < -0.4 is 0 Å². The third-order valence-corrected chi connectivity index (χ3v) is 5.38. The normalized spacial score (nSPS) is 20.8. The van der Waals surface area contributed by atoms with E-state index in [4.69, 9.17) is 0 Å². The first-order chi connectivity index (χ1) is 11.5. The van der Waals surface area contributed by atoms with E-state index in [2.05, 4.69) is 15.0 Å². The molecule has 0 aromatic carbocycles. The van der Waals surface area contributed by atoms with Crippen LogP contribution in [0.4, 0.5) is 0 Å². The Morgan fingerprint density at radius 3 is 2.67 bits per heavy atom. The fourth-order valence-electron chi connectivity index (χ4n) is 2.82. The van der Waals surface area contributed by atoms with Crippen LogP contribution in [-0.2, 0) is 4.79 Å². The smallest absolute Gasteiger partial charge is 0.308 e. The first-order valence-electron chi connectivity index (χ1n) is 7.76. The first-order valence-corrected chi connectivity index (χ1v) is 8.57. The van der Waals surface area contributed by atoms with Gasteiger partial charge < -0.3 is 10.0 Å². The Balaban J connectivity index is 1.87. The number of carbonyl (C=O) groups excluding carboxylic acids is 1. The van der Waals surface area contributed by atoms with Crippen molar-refractivity contribution in [3.63, 3.8) is 0 Å². The topological polar surface area (TPSA) is 96.3 Å². The second kappa shape index (κ2) is 6.64. The summed E-state index contributed by atoms with van der Waals surface area (Å²) in [5.74, 6) is -1.03. The zero-order valence-electron chi connectivity index (χ0n) is 13.5. The highest BCUT2D eigenvalue weighted by Crippen LogP contribution is 2.29. The van der Waals surface area contributed by atoms with Gasteiger partial charge in [0.1, 0.15) is 4.88 Å². The average Bonchev–Trinajstić information content (AvgIpc) is 2.97. The van der Waals surface area contributed by atoms with Gasteiger partial charge in [0.2, 0.25) is 0 Å². The number of aromatic nitrogens is 3. The molecule has 7 nitrogen and oxygen atoms in total. The molecule has 0 saturated carbocycles. The molecule has 1 aliphatic rings. The molecule has 2 unspecified atom stereocenters. The molecule has 1 amide bonds. The lowest BCUT2D eigenvalue weighted by molar-refractivity contribution is -0.143. The Kier molecular flexibility index (Phi) is 4.57. The maximum absolute atomic E-state index is 12.9. The van der Waals surface area contributed by atoms with E-state index in [0.717, 1.165) is 0 Å². The van der Waals surface area contributed by atoms with Crippen LogP contribution in [0.25, 0.3) is 10.8 Å². The number of thiazole rings is 1. The summed E-state index contributed by atoms with van der Waals surface area (Å²) in [6, 6.07) is 1.74. The number of carboxylic acids is 1. The van der Waals surface area contributed by atoms with Crippen LogP contribution in [0.2, 0.25) is 0 Å². The van der Waals surface area contributed by atoms with Crippen molar-refractivity contribution in [2.24, 2.45) is 5.92 Å². The monoisotopic (exact) mass is 346 g/mol. The Labute approximate surface area is 143 Å². The number of aryl methyl sites for hydroxylation is 1. The molecular formula is C16H18N4O3S. The van der Waals surface area contributed by atoms with Gasteiger partial charge >= 0.3 is 5.97 Å². The number of aliphatic carboxylic acids is 1. The molecule has 24 heavy (non-hydrogen) atoms. The molecule has 1 aliphatic heterocycles. The van der Waals surface area contributed by atoms with Crippen LogP contribution in [0.15, 0.2) is 18.5 Å². The van der Waals surface area contributed by atoms with Crippen LogP contribution in [0.5, 0.6) is 0 Å². The lowest BCUT2D eigenvalue weighted by Crippen LogP contribution is -2.47. The standard InChI is InChI=1S/C16H18N4O3S/c1-9-4-5-11(16(22)23)8-20(9)15(21)12-10(2)19-14(24-12)13-17-6-3-7-18-13/h3,6-7,9,11H,4-5,8H2,1-2H3,(H,22,23). The number of likely N-dealkylation sites (tertiary alicyclic amines) is 1. The number of hydrogen-bond donors (Lipinski definition) is 1. The number of carbonyl (C=O) groups is 2. The van der Waals surface area contributed by atoms with Crippen molar-refractivity contribution >= 4 is 23.2 Å². The van der Waals surface area contributed by atoms with Gasteiger partial charge in [0.15, 0.2) is 10.8 Å². The Bertz CT molecular complexity index is 762. The van der Waals surface area contributed by atoms with E-state index in [0.29, 0.717) is 34.2 Å². The highest BCUT2D eigenvalue weighted by atomic mass is 32.1. The minimum Gasteiger partial charge on any atom is -0.481 e. The molecule has 2 aromatic heterocycles. The van der Waals surface area contributed by atoms with Gasteiger partial charge in [0.05, 0.1) is 11.6 Å². The van der Waals surface area contributed by atoms with E-state index in [1.54, 1.807) is 30.3 Å². The van der Waals surface area contributed by atoms with Crippen molar-refractivity contribution < 1.29 is 14.7 Å². The third-order valence-electron chi connectivity index (χ3n) is 4.24. The summed E-state index contributed by atoms with van der Waals surface area (Å²) >= 11 is 1.25. The van der Waals surface area contributed by atoms with Crippen LogP contribution in [0, 0.1) is 12.8 Å². The number of nitrogens with zero attached hydrogens (tertiary/aromatic N) is 4. The molecular weight excluding hydrogens is 328 g/mol. The van der Waals surface area contributed by atoms with Gasteiger partial charge in [-0.2, -0.15) is 0 Å². The zero-order valence-corrected chi connectivity index (χ0v) is 14.3. The van der Waals surface area contributed by atoms with Gasteiger partial charge in [-0.25, -0.2) is 15.0 Å². The lowest BCUT2D eigenvalue weighted by atomic mass is 9.93. The Morgan fingerprint density at radius 1 is 1.29 bits per heavy atom. The second-order valence-electron chi connectivity index (χ2n) is 5.92. The lowest BCUT2D eigenvalue weighted by Gasteiger charge is -2.36. The molecule has 2 aromatic rings. The number of piperidine rings is 1. The van der Waals surface area contributed by atoms with Crippen molar-refractivity contribution in [3.05, 3.63) is 29.0 Å². The van der Waals surface area contributed by atoms with Gasteiger partial charge in [-0.15, -0.1) is 11.3 Å². The number of rotatable bonds is 3. The van der Waals surface area contributed by atoms with Crippen molar-refractivity contribution in [1.29, 1.82) is 0 Å². The van der Waals surface area contributed by atoms with Crippen molar-refractivity contribution in [3.8, 4) is 10.8 Å². The summed E-state index contributed by atoms with van der Waals surface area (Å²) in [5, 5.41) is 9.83. The molecule has 0 bridgehead atoms. The molecule has 3 heterocycles. The van der Waals surface area contributed by atoms with Crippen LogP contribution in [0.1, 0.15) is 35.1 Å². The Morgan fingerprint density at radius 2 is 2.00 bits per heavy atom. The molecule has 0 spiro atoms. The predicted molar refractivity (Wildman–Crippen MR) is 88.7 cm³/mol. The summed E-state index contributed by atoms with van der Waals surface area (Å²) in [6.45, 7) is 3.97. The van der Waals surface area contributed by atoms with Crippen molar-refractivity contribution in [1.82, 2.24) is 19.9 Å². The molecule has 2 atom stereocenters.